The Balaban J connectivity index is 2.07. The number of H-pyrrole nitrogens is 1. The van der Waals surface area contributed by atoms with Crippen molar-refractivity contribution in [3.8, 4) is 0 Å². The van der Waals surface area contributed by atoms with E-state index in [4.69, 9.17) is 5.73 Å². The van der Waals surface area contributed by atoms with Gasteiger partial charge in [0.2, 0.25) is 10.0 Å². The van der Waals surface area contributed by atoms with E-state index in [1.165, 1.54) is 6.20 Å². The molecule has 0 spiro atoms. The summed E-state index contributed by atoms with van der Waals surface area (Å²) in [6.45, 7) is 2.62. The molecule has 0 unspecified atom stereocenters. The average Bonchev–Trinajstić information content (AvgIpc) is 2.91. The SMILES string of the molecule is Cc1[nH]ncc1S(=O)(=O)NCC1(CN)CC1. The molecular formula is C9H16N4O2S. The highest BCUT2D eigenvalue weighted by Gasteiger charge is 2.42. The summed E-state index contributed by atoms with van der Waals surface area (Å²) in [5.41, 5.74) is 6.13. The van der Waals surface area contributed by atoms with Gasteiger partial charge < -0.3 is 5.73 Å². The van der Waals surface area contributed by atoms with Crippen LogP contribution in [0.25, 0.3) is 0 Å². The van der Waals surface area contributed by atoms with Crippen LogP contribution in [0, 0.1) is 12.3 Å². The molecule has 0 atom stereocenters. The van der Waals surface area contributed by atoms with Crippen molar-refractivity contribution in [2.24, 2.45) is 11.1 Å². The van der Waals surface area contributed by atoms with Crippen LogP contribution in [-0.4, -0.2) is 31.7 Å². The number of aromatic nitrogens is 2. The number of nitrogens with zero attached hydrogens (tertiary/aromatic N) is 1. The first-order valence-electron chi connectivity index (χ1n) is 5.19. The Bertz CT molecular complexity index is 475. The lowest BCUT2D eigenvalue weighted by Crippen LogP contribution is -2.34. The molecule has 7 heteroatoms. The molecule has 0 amide bonds. The van der Waals surface area contributed by atoms with Gasteiger partial charge in [0.1, 0.15) is 4.90 Å². The molecule has 0 radical (unpaired) electrons. The van der Waals surface area contributed by atoms with Crippen LogP contribution >= 0.6 is 0 Å². The van der Waals surface area contributed by atoms with Crippen LogP contribution in [0.4, 0.5) is 0 Å². The van der Waals surface area contributed by atoms with Gasteiger partial charge in [0.25, 0.3) is 0 Å². The molecule has 6 nitrogen and oxygen atoms in total. The van der Waals surface area contributed by atoms with Crippen LogP contribution in [-0.2, 0) is 10.0 Å². The van der Waals surface area contributed by atoms with Gasteiger partial charge in [-0.15, -0.1) is 0 Å². The van der Waals surface area contributed by atoms with E-state index in [1.54, 1.807) is 6.92 Å². The highest BCUT2D eigenvalue weighted by Crippen LogP contribution is 2.43. The number of aromatic amines is 1. The highest BCUT2D eigenvalue weighted by molar-refractivity contribution is 7.89. The Morgan fingerprint density at radius 3 is 2.75 bits per heavy atom. The number of nitrogens with one attached hydrogen (secondary N) is 2. The molecule has 4 N–H and O–H groups in total. The van der Waals surface area contributed by atoms with E-state index in [0.29, 0.717) is 18.8 Å². The molecule has 0 aliphatic heterocycles. The Labute approximate surface area is 94.7 Å². The van der Waals surface area contributed by atoms with E-state index in [0.717, 1.165) is 12.8 Å². The van der Waals surface area contributed by atoms with E-state index >= 15 is 0 Å². The van der Waals surface area contributed by atoms with Gasteiger partial charge in [-0.1, -0.05) is 0 Å². The van der Waals surface area contributed by atoms with E-state index in [1.807, 2.05) is 0 Å². The third kappa shape index (κ3) is 2.11. The predicted octanol–water partition coefficient (Wildman–Crippen LogP) is -0.265. The van der Waals surface area contributed by atoms with Gasteiger partial charge in [0.15, 0.2) is 0 Å². The first-order valence-corrected chi connectivity index (χ1v) is 6.67. The summed E-state index contributed by atoms with van der Waals surface area (Å²) < 4.78 is 26.4. The third-order valence-corrected chi connectivity index (χ3v) is 4.62. The zero-order valence-corrected chi connectivity index (χ0v) is 9.97. The first-order chi connectivity index (χ1) is 7.49. The summed E-state index contributed by atoms with van der Waals surface area (Å²) in [5, 5.41) is 6.31. The van der Waals surface area contributed by atoms with E-state index in [9.17, 15) is 8.42 Å². The summed E-state index contributed by atoms with van der Waals surface area (Å²) in [6.07, 6.45) is 3.31. The Kier molecular flexibility index (Phi) is 2.77. The molecule has 1 aliphatic carbocycles. The first kappa shape index (κ1) is 11.6. The quantitative estimate of drug-likeness (QED) is 0.664. The van der Waals surface area contributed by atoms with Crippen LogP contribution in [0.2, 0.25) is 0 Å². The second-order valence-electron chi connectivity index (χ2n) is 4.39. The van der Waals surface area contributed by atoms with Crippen molar-refractivity contribution in [2.45, 2.75) is 24.7 Å². The van der Waals surface area contributed by atoms with Gasteiger partial charge in [-0.3, -0.25) is 5.10 Å². The maximum Gasteiger partial charge on any atom is 0.243 e. The van der Waals surface area contributed by atoms with Crippen molar-refractivity contribution >= 4 is 10.0 Å². The lowest BCUT2D eigenvalue weighted by molar-refractivity contribution is 0.500. The molecule has 90 valence electrons. The van der Waals surface area contributed by atoms with Gasteiger partial charge in [-0.05, 0) is 31.7 Å². The molecule has 0 bridgehead atoms. The van der Waals surface area contributed by atoms with Crippen molar-refractivity contribution in [3.63, 3.8) is 0 Å². The summed E-state index contributed by atoms with van der Waals surface area (Å²) in [5.74, 6) is 0. The number of nitrogens with two attached hydrogens (primary N) is 1. The Morgan fingerprint density at radius 2 is 2.31 bits per heavy atom. The van der Waals surface area contributed by atoms with E-state index in [-0.39, 0.29) is 10.3 Å². The molecule has 1 aliphatic rings. The number of aryl methyl sites for hydroxylation is 1. The molecule has 1 fully saturated rings. The normalized spacial score (nSPS) is 18.6. The van der Waals surface area contributed by atoms with Gasteiger partial charge >= 0.3 is 0 Å². The number of hydrogen-bond donors (Lipinski definition) is 3. The lowest BCUT2D eigenvalue weighted by Gasteiger charge is -2.13. The molecular weight excluding hydrogens is 228 g/mol. The smallest absolute Gasteiger partial charge is 0.243 e. The van der Waals surface area contributed by atoms with Crippen LogP contribution in [0.15, 0.2) is 11.1 Å². The van der Waals surface area contributed by atoms with Crippen LogP contribution < -0.4 is 10.5 Å². The van der Waals surface area contributed by atoms with Crippen molar-refractivity contribution in [1.29, 1.82) is 0 Å². The van der Waals surface area contributed by atoms with E-state index < -0.39 is 10.0 Å². The predicted molar refractivity (Wildman–Crippen MR) is 59.2 cm³/mol. The van der Waals surface area contributed by atoms with E-state index in [2.05, 4.69) is 14.9 Å². The van der Waals surface area contributed by atoms with Gasteiger partial charge in [-0.25, -0.2) is 13.1 Å². The Hall–Kier alpha value is -0.920. The van der Waals surface area contributed by atoms with Crippen molar-refractivity contribution in [2.75, 3.05) is 13.1 Å². The lowest BCUT2D eigenvalue weighted by atomic mass is 10.1. The average molecular weight is 244 g/mol. The molecule has 1 aromatic rings. The van der Waals surface area contributed by atoms with Gasteiger partial charge in [-0.2, -0.15) is 5.10 Å². The molecule has 1 aromatic heterocycles. The maximum absolute atomic E-state index is 11.9. The second kappa shape index (κ2) is 3.83. The van der Waals surface area contributed by atoms with Crippen molar-refractivity contribution in [3.05, 3.63) is 11.9 Å². The molecule has 2 rings (SSSR count). The fourth-order valence-electron chi connectivity index (χ4n) is 1.57. The molecule has 0 aromatic carbocycles. The van der Waals surface area contributed by atoms with Gasteiger partial charge in [0.05, 0.1) is 11.9 Å². The summed E-state index contributed by atoms with van der Waals surface area (Å²) >= 11 is 0. The Morgan fingerprint density at radius 1 is 1.62 bits per heavy atom. The second-order valence-corrected chi connectivity index (χ2v) is 6.12. The number of rotatable bonds is 5. The zero-order chi connectivity index (χ0) is 11.8. The van der Waals surface area contributed by atoms with Crippen LogP contribution in [0.1, 0.15) is 18.5 Å². The van der Waals surface area contributed by atoms with Crippen molar-refractivity contribution in [1.82, 2.24) is 14.9 Å². The number of sulfonamides is 1. The molecule has 0 saturated heterocycles. The van der Waals surface area contributed by atoms with Crippen LogP contribution in [0.5, 0.6) is 0 Å². The number of hydrogen-bond acceptors (Lipinski definition) is 4. The monoisotopic (exact) mass is 244 g/mol. The van der Waals surface area contributed by atoms with Crippen molar-refractivity contribution < 1.29 is 8.42 Å². The largest absolute Gasteiger partial charge is 0.330 e. The summed E-state index contributed by atoms with van der Waals surface area (Å²) in [4.78, 5) is 0.209. The zero-order valence-electron chi connectivity index (χ0n) is 9.16. The fraction of sp³-hybridized carbons (Fsp3) is 0.667. The third-order valence-electron chi connectivity index (χ3n) is 3.10. The van der Waals surface area contributed by atoms with Crippen LogP contribution in [0.3, 0.4) is 0 Å². The summed E-state index contributed by atoms with van der Waals surface area (Å²) in [6, 6.07) is 0. The maximum atomic E-state index is 11.9. The minimum atomic E-state index is -3.45. The molecule has 1 saturated carbocycles. The topological polar surface area (TPSA) is 101 Å². The molecule has 1 heterocycles. The minimum absolute atomic E-state index is 0.00922. The standard InChI is InChI=1S/C9H16N4O2S/c1-7-8(4-11-13-7)16(14,15)12-6-9(5-10)2-3-9/h4,12H,2-3,5-6,10H2,1H3,(H,11,13). The molecule has 16 heavy (non-hydrogen) atoms. The van der Waals surface area contributed by atoms with Gasteiger partial charge in [0, 0.05) is 6.54 Å². The highest BCUT2D eigenvalue weighted by atomic mass is 32.2. The summed E-state index contributed by atoms with van der Waals surface area (Å²) in [7, 11) is -3.45. The minimum Gasteiger partial charge on any atom is -0.330 e. The fourth-order valence-corrected chi connectivity index (χ4v) is 2.86.